The van der Waals surface area contributed by atoms with Crippen LogP contribution in [0.25, 0.3) is 22.0 Å². The Bertz CT molecular complexity index is 5240. The number of aromatic amines is 1. The minimum absolute atomic E-state index is 0.174. The Balaban J connectivity index is 1.15. The van der Waals surface area contributed by atoms with Crippen molar-refractivity contribution in [3.05, 3.63) is 119 Å². The number of primary amides is 1. The molecule has 2 aliphatic carbocycles. The number of amides is 14. The lowest BCUT2D eigenvalue weighted by Gasteiger charge is -2.30. The quantitative estimate of drug-likeness (QED) is 0.00917. The van der Waals surface area contributed by atoms with Crippen LogP contribution in [0.1, 0.15) is 105 Å². The topological polar surface area (TPSA) is 766 Å². The number of aromatic nitrogens is 1. The third kappa shape index (κ3) is 26.2. The number of H-pyrrole nitrogens is 1. The first-order chi connectivity index (χ1) is 59.4. The van der Waals surface area contributed by atoms with E-state index in [2.05, 4.69) is 58.2 Å². The predicted molar refractivity (Wildman–Crippen MR) is 430 cm³/mol. The van der Waals surface area contributed by atoms with E-state index >= 15 is 4.79 Å². The van der Waals surface area contributed by atoms with Crippen molar-refractivity contribution in [1.82, 2.24) is 74.1 Å². The Kier molecular flexibility index (Phi) is 33.1. The number of rotatable bonds is 29. The fourth-order valence-electron chi connectivity index (χ4n) is 14.0. The number of esters is 1. The van der Waals surface area contributed by atoms with Crippen LogP contribution in [0, 0.1) is 11.8 Å². The monoisotopic (exact) mass is 1780 g/mol. The second kappa shape index (κ2) is 43.0. The zero-order valence-corrected chi connectivity index (χ0v) is 68.2. The number of hydrogen-bond acceptors (Lipinski definition) is 27. The fourth-order valence-corrected chi connectivity index (χ4v) is 14.5. The number of hydrogen-bond donors (Lipinski definition) is 23. The van der Waals surface area contributed by atoms with Crippen molar-refractivity contribution in [2.45, 2.75) is 161 Å². The number of carbonyl (C=O) groups is 20. The fraction of sp³-hybridized carbons (Fsp3) is 0.410. The summed E-state index contributed by atoms with van der Waals surface area (Å²) in [6.07, 6.45) is -9.96. The maximum Gasteiger partial charge on any atom is 0.407 e. The van der Waals surface area contributed by atoms with Crippen LogP contribution in [0.15, 0.2) is 102 Å². The highest BCUT2D eigenvalue weighted by Crippen LogP contribution is 2.47. The predicted octanol–water partition coefficient (Wildman–Crippen LogP) is -6.09. The number of nitrogen functional groups attached to an aromatic ring is 1. The number of para-hydroxylation sites is 2. The zero-order valence-electron chi connectivity index (χ0n) is 67.3. The van der Waals surface area contributed by atoms with Crippen molar-refractivity contribution in [2.24, 2.45) is 23.3 Å². The summed E-state index contributed by atoms with van der Waals surface area (Å²) in [5.74, 6) is -31.9. The number of alkyl carbamates (subject to hydrolysis) is 1. The van der Waals surface area contributed by atoms with Gasteiger partial charge in [-0.25, -0.2) is 9.59 Å². The summed E-state index contributed by atoms with van der Waals surface area (Å²) in [5, 5.41) is 79.0. The van der Waals surface area contributed by atoms with Crippen LogP contribution in [0.5, 0.6) is 0 Å². The van der Waals surface area contributed by atoms with Gasteiger partial charge in [-0.05, 0) is 103 Å². The summed E-state index contributed by atoms with van der Waals surface area (Å²) in [6, 6.07) is 1.31. The summed E-state index contributed by atoms with van der Waals surface area (Å²) in [5.41, 5.74) is 18.4. The second-order valence-corrected chi connectivity index (χ2v) is 31.3. The van der Waals surface area contributed by atoms with Gasteiger partial charge < -0.3 is 126 Å². The van der Waals surface area contributed by atoms with Gasteiger partial charge in [0.1, 0.15) is 72.6 Å². The maximum atomic E-state index is 15.0. The van der Waals surface area contributed by atoms with Crippen molar-refractivity contribution in [3.8, 4) is 11.1 Å². The molecule has 2 fully saturated rings. The molecule has 0 bridgehead atoms. The van der Waals surface area contributed by atoms with Gasteiger partial charge in [-0.1, -0.05) is 67.6 Å². The molecule has 676 valence electrons. The molecular weight excluding hydrogens is 1690 g/mol. The van der Waals surface area contributed by atoms with Gasteiger partial charge in [0, 0.05) is 47.2 Å². The Hall–Kier alpha value is -14.6. The van der Waals surface area contributed by atoms with Crippen molar-refractivity contribution in [3.63, 3.8) is 0 Å². The van der Waals surface area contributed by atoms with Crippen LogP contribution < -0.4 is 86.3 Å². The van der Waals surface area contributed by atoms with Gasteiger partial charge in [0.05, 0.1) is 62.7 Å². The number of fused-ring (bicyclic) bond motifs is 4. The minimum atomic E-state index is -4.72. The summed E-state index contributed by atoms with van der Waals surface area (Å²) in [7, 11) is -4.72. The lowest BCUT2D eigenvalue weighted by Crippen LogP contribution is -2.62. The van der Waals surface area contributed by atoms with E-state index in [0.29, 0.717) is 38.7 Å². The number of aliphatic hydroxyl groups is 1. The number of aliphatic carboxylic acids is 4. The largest absolute Gasteiger partial charge is 0.481 e. The van der Waals surface area contributed by atoms with Gasteiger partial charge in [-0.3, -0.25) is 90.9 Å². The molecule has 15 atom stereocenters. The first kappa shape index (κ1) is 96.9. The molecule has 47 nitrogen and oxygen atoms in total. The normalized spacial score (nSPS) is 22.8. The van der Waals surface area contributed by atoms with E-state index in [0.717, 1.165) is 20.8 Å². The number of ether oxygens (including phenoxy) is 2. The number of Topliss-reactive ketones (excluding diaryl/α,β-unsaturated/α-hetero) is 1. The van der Waals surface area contributed by atoms with Gasteiger partial charge in [0.25, 0.3) is 10.1 Å². The number of cyclic esters (lactones) is 1. The third-order valence-corrected chi connectivity index (χ3v) is 21.4. The second-order valence-electron chi connectivity index (χ2n) is 29.9. The zero-order chi connectivity index (χ0) is 92.9. The number of carbonyl (C=O) groups excluding carboxylic acids is 16. The van der Waals surface area contributed by atoms with Crippen molar-refractivity contribution in [2.75, 3.05) is 38.6 Å². The molecule has 3 aliphatic rings. The Morgan fingerprint density at radius 2 is 1.23 bits per heavy atom. The van der Waals surface area contributed by atoms with Crippen LogP contribution in [-0.4, -0.2) is 267 Å². The number of nitrogens with two attached hydrogens (primary N) is 3. The summed E-state index contributed by atoms with van der Waals surface area (Å²) < 4.78 is 45.6. The highest BCUT2D eigenvalue weighted by Gasteiger charge is 2.61. The van der Waals surface area contributed by atoms with Gasteiger partial charge in [-0.15, -0.1) is 0 Å². The van der Waals surface area contributed by atoms with E-state index in [1.807, 2.05) is 16.0 Å². The molecule has 26 N–H and O–H groups in total. The summed E-state index contributed by atoms with van der Waals surface area (Å²) in [6.45, 7) is -1.87. The first-order valence-corrected chi connectivity index (χ1v) is 40.2. The van der Waals surface area contributed by atoms with Crippen LogP contribution in [0.4, 0.5) is 10.5 Å². The molecule has 126 heavy (non-hydrogen) atoms. The van der Waals surface area contributed by atoms with Crippen molar-refractivity contribution >= 4 is 145 Å². The molecule has 0 radical (unpaired) electrons. The van der Waals surface area contributed by atoms with Crippen LogP contribution in [-0.2, 0) is 112 Å². The Morgan fingerprint density at radius 3 is 1.89 bits per heavy atom. The Labute approximate surface area is 714 Å². The average molecular weight is 1780 g/mol. The number of anilines is 1. The molecule has 1 spiro atoms. The maximum absolute atomic E-state index is 15.0. The Morgan fingerprint density at radius 1 is 0.627 bits per heavy atom. The first-order valence-electron chi connectivity index (χ1n) is 38.7. The van der Waals surface area contributed by atoms with Crippen LogP contribution in [0.3, 0.4) is 0 Å². The smallest absolute Gasteiger partial charge is 0.407 e. The molecule has 1 aliphatic heterocycles. The van der Waals surface area contributed by atoms with E-state index in [1.54, 1.807) is 54.7 Å². The third-order valence-electron chi connectivity index (χ3n) is 20.5. The number of nitrogens with one attached hydrogen (secondary N) is 14. The molecular formula is C78H93N17O30S. The standard InChI is InChI=1S/C78H93N17O30S/c1-34(20-60(101)102)64-74(117)91-54(23-56(97)44-13-6-8-14-47(44)79)75(118)125-36(3)65(94-71(114)52(26-62(105)106)90-70(113)50(24-57(81)98)89-67(110)48(80)21-37-29-83-49-15-9-7-10-40(37)49)73(116)85-31-59(100)95-78(28-38(78)18-19-82-77(120)124-33-46-42-12-5-4-11-41(42)43-17-16-39(22-45(43)46)126(121,122)123)76(119)92-53(27-63(107)108)69(112)86-35(2)66(109)88-51(25-61(103)104)68(111)84-30-58(99)87-55(32-96)72(115)93-64/h4-17,22,29,34-36,38,46,48,50-55,64-65,83,96H,18-21,23-28,30-33,79-80H2,1-3H3,(H2,81,98)(H,82,120)(H,84,111)(H,85,116)(H,86,112)(H,87,99)(H,88,109)(H,89,110)(H,90,113)(H,91,117)(H,92,119)(H,93,115)(H,94,114)(H,95,100)(H,101,102)(H,103,104)(H,105,106)(H,107,108)(H,121,122,123)/t34-,35-,36-,38?,46?,48?,50-,51+,52+,53+,54+,55-,64?,65+,78-/m1/s1. The lowest BCUT2D eigenvalue weighted by atomic mass is 9.96. The number of carboxylic acid groups (broad SMARTS) is 4. The number of benzene rings is 4. The molecule has 1 aromatic heterocycles. The number of carboxylic acids is 4. The molecule has 8 rings (SSSR count). The van der Waals surface area contributed by atoms with E-state index < -0.39 is 301 Å². The van der Waals surface area contributed by atoms with Gasteiger partial charge >= 0.3 is 35.9 Å². The highest BCUT2D eigenvalue weighted by atomic mass is 32.2. The van der Waals surface area contributed by atoms with E-state index in [1.165, 1.54) is 42.5 Å². The summed E-state index contributed by atoms with van der Waals surface area (Å²) >= 11 is 0. The molecule has 5 aromatic rings. The van der Waals surface area contributed by atoms with Gasteiger partial charge in [0.15, 0.2) is 5.78 Å². The van der Waals surface area contributed by atoms with Crippen molar-refractivity contribution in [1.29, 1.82) is 0 Å². The SMILES string of the molecule is C[C@H](CC(=O)O)C1NC(=O)[C@@H](CO)NC(=O)CNC(=O)[C@H](CC(=O)O)NC(=O)[C@@H](C)NC(=O)[C@H](CC(=O)O)NC(=O)[C@]2(CC2CCNC(=O)OCC2c3ccccc3-c3ccc(S(=O)(=O)O)cc32)NC(=O)CNC(=O)[C@@H](NC(=O)[C@H](CC(=O)O)NC(=O)[C@@H](CC(N)=O)NC(=O)C(N)Cc2c[nH]c3ccccc23)[C@@H](C)OC(=O)[C@H](CC(=O)c2ccccc2N)NC1=O. The van der Waals surface area contributed by atoms with E-state index in [9.17, 15) is 130 Å². The minimum Gasteiger partial charge on any atom is -0.481 e. The molecule has 14 amide bonds. The molecule has 4 aromatic carbocycles. The molecule has 2 heterocycles. The van der Waals surface area contributed by atoms with Crippen LogP contribution in [0.2, 0.25) is 0 Å². The van der Waals surface area contributed by atoms with Gasteiger partial charge in [0.2, 0.25) is 76.8 Å². The van der Waals surface area contributed by atoms with Gasteiger partial charge in [-0.2, -0.15) is 8.42 Å². The molecule has 48 heteroatoms. The highest BCUT2D eigenvalue weighted by molar-refractivity contribution is 7.85. The molecule has 4 unspecified atom stereocenters. The number of aliphatic hydroxyl groups excluding tert-OH is 1. The van der Waals surface area contributed by atoms with E-state index in [4.69, 9.17) is 26.7 Å². The molecule has 1 saturated carbocycles. The molecule has 1 saturated heterocycles. The lowest BCUT2D eigenvalue weighted by molar-refractivity contribution is -0.156. The summed E-state index contributed by atoms with van der Waals surface area (Å²) in [4.78, 5) is 278. The van der Waals surface area contributed by atoms with E-state index in [-0.39, 0.29) is 24.1 Å². The average Bonchev–Trinajstić information content (AvgIpc) is 1.58. The van der Waals surface area contributed by atoms with Crippen molar-refractivity contribution < 1.29 is 144 Å². The van der Waals surface area contributed by atoms with Crippen LogP contribution >= 0.6 is 0 Å². The number of ketones is 1.